The molecule has 0 fully saturated rings. The maximum Gasteiger partial charge on any atom is 0.185 e. The molecule has 2 rings (SSSR count). The van der Waals surface area contributed by atoms with Gasteiger partial charge in [0.15, 0.2) is 5.78 Å². The zero-order valence-electron chi connectivity index (χ0n) is 14.1. The second-order valence-electron chi connectivity index (χ2n) is 5.72. The largest absolute Gasteiger partial charge is 0.508 e. The Hall–Kier alpha value is -2.55. The van der Waals surface area contributed by atoms with Gasteiger partial charge >= 0.3 is 0 Å². The fraction of sp³-hybridized carbons (Fsp3) is 0.286. The predicted octanol–water partition coefficient (Wildman–Crippen LogP) is 5.25. The SMILES string of the molecule is CCCCCCOc1ccc(C(=O)C=Cc2ccc(O)cc2)cc1. The van der Waals surface area contributed by atoms with Gasteiger partial charge in [-0.2, -0.15) is 0 Å². The van der Waals surface area contributed by atoms with Crippen molar-refractivity contribution in [2.75, 3.05) is 6.61 Å². The molecular formula is C21H24O3. The van der Waals surface area contributed by atoms with E-state index in [2.05, 4.69) is 6.92 Å². The Bertz CT molecular complexity index is 654. The highest BCUT2D eigenvalue weighted by Gasteiger charge is 2.02. The zero-order valence-corrected chi connectivity index (χ0v) is 14.1. The Morgan fingerprint density at radius 3 is 2.38 bits per heavy atom. The van der Waals surface area contributed by atoms with Crippen LogP contribution in [-0.2, 0) is 0 Å². The van der Waals surface area contributed by atoms with E-state index >= 15 is 0 Å². The van der Waals surface area contributed by atoms with Crippen LogP contribution in [0.2, 0.25) is 0 Å². The van der Waals surface area contributed by atoms with Gasteiger partial charge in [0.25, 0.3) is 0 Å². The molecule has 0 unspecified atom stereocenters. The van der Waals surface area contributed by atoms with E-state index in [-0.39, 0.29) is 11.5 Å². The topological polar surface area (TPSA) is 46.5 Å². The molecule has 0 radical (unpaired) electrons. The minimum absolute atomic E-state index is 0.0578. The Kier molecular flexibility index (Phi) is 7.09. The van der Waals surface area contributed by atoms with Gasteiger partial charge in [0, 0.05) is 5.56 Å². The summed E-state index contributed by atoms with van der Waals surface area (Å²) >= 11 is 0. The number of ether oxygens (including phenoxy) is 1. The van der Waals surface area contributed by atoms with E-state index in [0.717, 1.165) is 17.7 Å². The number of aromatic hydroxyl groups is 1. The van der Waals surface area contributed by atoms with Gasteiger partial charge < -0.3 is 9.84 Å². The van der Waals surface area contributed by atoms with E-state index in [1.54, 1.807) is 42.5 Å². The van der Waals surface area contributed by atoms with Gasteiger partial charge in [-0.1, -0.05) is 44.4 Å². The summed E-state index contributed by atoms with van der Waals surface area (Å²) in [6, 6.07) is 13.9. The molecule has 1 N–H and O–H groups in total. The highest BCUT2D eigenvalue weighted by atomic mass is 16.5. The first-order valence-electron chi connectivity index (χ1n) is 8.43. The lowest BCUT2D eigenvalue weighted by Crippen LogP contribution is -1.98. The van der Waals surface area contributed by atoms with E-state index in [9.17, 15) is 9.90 Å². The third-order valence-electron chi connectivity index (χ3n) is 3.73. The number of carbonyl (C=O) groups is 1. The molecule has 24 heavy (non-hydrogen) atoms. The fourth-order valence-electron chi connectivity index (χ4n) is 2.29. The van der Waals surface area contributed by atoms with Crippen LogP contribution in [0.3, 0.4) is 0 Å². The number of ketones is 1. The molecular weight excluding hydrogens is 300 g/mol. The predicted molar refractivity (Wildman–Crippen MR) is 97.6 cm³/mol. The number of benzene rings is 2. The number of phenolic OH excluding ortho intramolecular Hbond substituents is 1. The fourth-order valence-corrected chi connectivity index (χ4v) is 2.29. The number of unbranched alkanes of at least 4 members (excludes halogenated alkanes) is 3. The third kappa shape index (κ3) is 5.92. The van der Waals surface area contributed by atoms with Gasteiger partial charge in [-0.15, -0.1) is 0 Å². The molecule has 0 aliphatic carbocycles. The lowest BCUT2D eigenvalue weighted by molar-refractivity contribution is 0.104. The van der Waals surface area contributed by atoms with Crippen molar-refractivity contribution in [3.8, 4) is 11.5 Å². The summed E-state index contributed by atoms with van der Waals surface area (Å²) in [4.78, 5) is 12.2. The van der Waals surface area contributed by atoms with Crippen LogP contribution in [-0.4, -0.2) is 17.5 Å². The summed E-state index contributed by atoms with van der Waals surface area (Å²) in [7, 11) is 0. The van der Waals surface area contributed by atoms with E-state index in [4.69, 9.17) is 4.74 Å². The third-order valence-corrected chi connectivity index (χ3v) is 3.73. The van der Waals surface area contributed by atoms with Crippen molar-refractivity contribution in [2.45, 2.75) is 32.6 Å². The van der Waals surface area contributed by atoms with Gasteiger partial charge in [0.1, 0.15) is 11.5 Å². The maximum atomic E-state index is 12.2. The van der Waals surface area contributed by atoms with E-state index in [1.165, 1.54) is 25.3 Å². The molecule has 0 spiro atoms. The molecule has 0 aliphatic rings. The Balaban J connectivity index is 1.85. The quantitative estimate of drug-likeness (QED) is 0.389. The number of hydrogen-bond donors (Lipinski definition) is 1. The smallest absolute Gasteiger partial charge is 0.185 e. The molecule has 0 bridgehead atoms. The molecule has 2 aromatic carbocycles. The van der Waals surface area contributed by atoms with Crippen molar-refractivity contribution in [1.29, 1.82) is 0 Å². The van der Waals surface area contributed by atoms with Gasteiger partial charge in [-0.3, -0.25) is 4.79 Å². The first-order valence-corrected chi connectivity index (χ1v) is 8.43. The molecule has 0 heterocycles. The van der Waals surface area contributed by atoms with Crippen molar-refractivity contribution in [1.82, 2.24) is 0 Å². The molecule has 0 aromatic heterocycles. The van der Waals surface area contributed by atoms with Gasteiger partial charge in [0.2, 0.25) is 0 Å². The van der Waals surface area contributed by atoms with Gasteiger partial charge in [-0.25, -0.2) is 0 Å². The molecule has 3 heteroatoms. The summed E-state index contributed by atoms with van der Waals surface area (Å²) in [5, 5.41) is 9.24. The number of phenols is 1. The van der Waals surface area contributed by atoms with Crippen LogP contribution in [0.1, 0.15) is 48.5 Å². The Morgan fingerprint density at radius 1 is 1.00 bits per heavy atom. The minimum Gasteiger partial charge on any atom is -0.508 e. The second-order valence-corrected chi connectivity index (χ2v) is 5.72. The molecule has 0 amide bonds. The number of carbonyl (C=O) groups excluding carboxylic acids is 1. The van der Waals surface area contributed by atoms with Crippen LogP contribution in [0.15, 0.2) is 54.6 Å². The molecule has 126 valence electrons. The monoisotopic (exact) mass is 324 g/mol. The van der Waals surface area contributed by atoms with Crippen molar-refractivity contribution in [3.05, 3.63) is 65.7 Å². The highest BCUT2D eigenvalue weighted by molar-refractivity contribution is 6.06. The summed E-state index contributed by atoms with van der Waals surface area (Å²) in [5.41, 5.74) is 1.50. The van der Waals surface area contributed by atoms with Crippen LogP contribution in [0.5, 0.6) is 11.5 Å². The Labute approximate surface area is 143 Å². The zero-order chi connectivity index (χ0) is 17.2. The Morgan fingerprint density at radius 2 is 1.71 bits per heavy atom. The van der Waals surface area contributed by atoms with Gasteiger partial charge in [0.05, 0.1) is 6.61 Å². The van der Waals surface area contributed by atoms with E-state index in [0.29, 0.717) is 12.2 Å². The maximum absolute atomic E-state index is 12.2. The minimum atomic E-state index is -0.0578. The molecule has 2 aromatic rings. The van der Waals surface area contributed by atoms with Crippen LogP contribution in [0.4, 0.5) is 0 Å². The molecule has 0 saturated carbocycles. The summed E-state index contributed by atoms with van der Waals surface area (Å²) in [6.45, 7) is 2.90. The molecule has 0 atom stereocenters. The molecule has 3 nitrogen and oxygen atoms in total. The number of allylic oxidation sites excluding steroid dienone is 1. The normalized spacial score (nSPS) is 10.9. The van der Waals surface area contributed by atoms with Crippen molar-refractivity contribution >= 4 is 11.9 Å². The van der Waals surface area contributed by atoms with E-state index < -0.39 is 0 Å². The lowest BCUT2D eigenvalue weighted by Gasteiger charge is -2.06. The second kappa shape index (κ2) is 9.56. The van der Waals surface area contributed by atoms with Crippen LogP contribution < -0.4 is 4.74 Å². The van der Waals surface area contributed by atoms with Crippen molar-refractivity contribution < 1.29 is 14.6 Å². The first-order chi connectivity index (χ1) is 11.7. The molecule has 0 saturated heterocycles. The number of hydrogen-bond acceptors (Lipinski definition) is 3. The van der Waals surface area contributed by atoms with Crippen LogP contribution >= 0.6 is 0 Å². The van der Waals surface area contributed by atoms with Crippen molar-refractivity contribution in [2.24, 2.45) is 0 Å². The van der Waals surface area contributed by atoms with Crippen LogP contribution in [0.25, 0.3) is 6.08 Å². The van der Waals surface area contributed by atoms with Crippen LogP contribution in [0, 0.1) is 0 Å². The van der Waals surface area contributed by atoms with Gasteiger partial charge in [-0.05, 0) is 54.5 Å². The van der Waals surface area contributed by atoms with Crippen molar-refractivity contribution in [3.63, 3.8) is 0 Å². The standard InChI is InChI=1S/C21H24O3/c1-2-3-4-5-16-24-20-13-9-18(10-14-20)21(23)15-8-17-6-11-19(22)12-7-17/h6-15,22H,2-5,16H2,1H3. The average Bonchev–Trinajstić information content (AvgIpc) is 2.61. The summed E-state index contributed by atoms with van der Waals surface area (Å²) in [5.74, 6) is 0.951. The summed E-state index contributed by atoms with van der Waals surface area (Å²) in [6.07, 6.45) is 7.98. The van der Waals surface area contributed by atoms with E-state index in [1.807, 2.05) is 12.1 Å². The highest BCUT2D eigenvalue weighted by Crippen LogP contribution is 2.15. The summed E-state index contributed by atoms with van der Waals surface area (Å²) < 4.78 is 5.67. The average molecular weight is 324 g/mol. The first kappa shape index (κ1) is 17.8. The lowest BCUT2D eigenvalue weighted by atomic mass is 10.1. The molecule has 0 aliphatic heterocycles. The number of rotatable bonds is 9.